The van der Waals surface area contributed by atoms with E-state index >= 15 is 0 Å². The largest absolute Gasteiger partial charge is 0.481 e. The SMILES string of the molecule is O=C(O)Cc1cc(Br)ccc1Nc1c(Cl)cccc1Cl. The van der Waals surface area contributed by atoms with Gasteiger partial charge >= 0.3 is 5.97 Å². The van der Waals surface area contributed by atoms with Gasteiger partial charge in [0.15, 0.2) is 0 Å². The highest BCUT2D eigenvalue weighted by atomic mass is 79.9. The van der Waals surface area contributed by atoms with Gasteiger partial charge in [0, 0.05) is 10.2 Å². The quantitative estimate of drug-likeness (QED) is 0.780. The molecule has 2 N–H and O–H groups in total. The average Bonchev–Trinajstić information content (AvgIpc) is 2.35. The van der Waals surface area contributed by atoms with Crippen molar-refractivity contribution in [3.8, 4) is 0 Å². The highest BCUT2D eigenvalue weighted by Gasteiger charge is 2.11. The molecule has 2 aromatic carbocycles. The first kappa shape index (κ1) is 15.2. The van der Waals surface area contributed by atoms with Gasteiger partial charge in [0.2, 0.25) is 0 Å². The van der Waals surface area contributed by atoms with E-state index in [1.807, 2.05) is 6.07 Å². The lowest BCUT2D eigenvalue weighted by atomic mass is 10.1. The molecule has 104 valence electrons. The van der Waals surface area contributed by atoms with Crippen molar-refractivity contribution in [1.82, 2.24) is 0 Å². The van der Waals surface area contributed by atoms with Gasteiger partial charge in [-0.05, 0) is 35.9 Å². The Morgan fingerprint density at radius 1 is 1.20 bits per heavy atom. The monoisotopic (exact) mass is 373 g/mol. The van der Waals surface area contributed by atoms with Gasteiger partial charge < -0.3 is 10.4 Å². The van der Waals surface area contributed by atoms with Crippen LogP contribution in [0.4, 0.5) is 11.4 Å². The van der Waals surface area contributed by atoms with Gasteiger partial charge in [0.25, 0.3) is 0 Å². The highest BCUT2D eigenvalue weighted by molar-refractivity contribution is 9.10. The fourth-order valence-electron chi connectivity index (χ4n) is 1.75. The molecule has 0 radical (unpaired) electrons. The van der Waals surface area contributed by atoms with Crippen LogP contribution >= 0.6 is 39.1 Å². The molecule has 0 amide bonds. The van der Waals surface area contributed by atoms with Gasteiger partial charge in [0.1, 0.15) is 0 Å². The molecule has 0 bridgehead atoms. The molecule has 0 spiro atoms. The van der Waals surface area contributed by atoms with E-state index in [1.54, 1.807) is 30.3 Å². The number of anilines is 2. The van der Waals surface area contributed by atoms with Crippen LogP contribution in [0, 0.1) is 0 Å². The Morgan fingerprint density at radius 2 is 1.85 bits per heavy atom. The summed E-state index contributed by atoms with van der Waals surface area (Å²) in [5.41, 5.74) is 1.86. The molecule has 2 aromatic rings. The summed E-state index contributed by atoms with van der Waals surface area (Å²) in [5.74, 6) is -0.906. The summed E-state index contributed by atoms with van der Waals surface area (Å²) in [4.78, 5) is 10.9. The second-order valence-corrected chi connectivity index (χ2v) is 5.82. The number of carboxylic acids is 1. The van der Waals surface area contributed by atoms with Crippen molar-refractivity contribution in [1.29, 1.82) is 0 Å². The van der Waals surface area contributed by atoms with Gasteiger partial charge in [-0.3, -0.25) is 4.79 Å². The lowest BCUT2D eigenvalue weighted by Crippen LogP contribution is -2.04. The third-order valence-corrected chi connectivity index (χ3v) is 3.75. The summed E-state index contributed by atoms with van der Waals surface area (Å²) in [7, 11) is 0. The van der Waals surface area contributed by atoms with Crippen LogP contribution in [0.25, 0.3) is 0 Å². The van der Waals surface area contributed by atoms with Gasteiger partial charge in [-0.25, -0.2) is 0 Å². The molecule has 20 heavy (non-hydrogen) atoms. The maximum absolute atomic E-state index is 10.9. The summed E-state index contributed by atoms with van der Waals surface area (Å²) < 4.78 is 0.810. The second-order valence-electron chi connectivity index (χ2n) is 4.09. The molecule has 0 saturated carbocycles. The van der Waals surface area contributed by atoms with Gasteiger partial charge in [-0.2, -0.15) is 0 Å². The Balaban J connectivity index is 2.40. The van der Waals surface area contributed by atoms with E-state index in [0.29, 0.717) is 27.0 Å². The van der Waals surface area contributed by atoms with Crippen LogP contribution in [-0.2, 0) is 11.2 Å². The van der Waals surface area contributed by atoms with E-state index in [9.17, 15) is 4.79 Å². The van der Waals surface area contributed by atoms with E-state index in [2.05, 4.69) is 21.2 Å². The molecule has 0 unspecified atom stereocenters. The molecule has 3 nitrogen and oxygen atoms in total. The Labute approximate surface area is 134 Å². The summed E-state index contributed by atoms with van der Waals surface area (Å²) >= 11 is 15.5. The summed E-state index contributed by atoms with van der Waals surface area (Å²) in [6.45, 7) is 0. The third-order valence-electron chi connectivity index (χ3n) is 2.63. The Hall–Kier alpha value is -1.23. The minimum atomic E-state index is -0.906. The van der Waals surface area contributed by atoms with Crippen LogP contribution in [0.15, 0.2) is 40.9 Å². The molecule has 0 saturated heterocycles. The van der Waals surface area contributed by atoms with E-state index in [1.165, 1.54) is 0 Å². The predicted molar refractivity (Wildman–Crippen MR) is 85.2 cm³/mol. The molecular formula is C14H10BrCl2NO2. The minimum absolute atomic E-state index is 0.0934. The predicted octanol–water partition coefficient (Wildman–Crippen LogP) is 5.13. The van der Waals surface area contributed by atoms with Crippen molar-refractivity contribution >= 4 is 56.5 Å². The zero-order chi connectivity index (χ0) is 14.7. The lowest BCUT2D eigenvalue weighted by Gasteiger charge is -2.14. The molecule has 2 rings (SSSR count). The molecule has 0 fully saturated rings. The number of para-hydroxylation sites is 1. The normalized spacial score (nSPS) is 10.3. The van der Waals surface area contributed by atoms with Crippen LogP contribution in [0.3, 0.4) is 0 Å². The number of nitrogens with one attached hydrogen (secondary N) is 1. The van der Waals surface area contributed by atoms with Gasteiger partial charge in [0.05, 0.1) is 22.2 Å². The third kappa shape index (κ3) is 3.66. The number of halogens is 3. The first-order valence-corrected chi connectivity index (χ1v) is 7.23. The van der Waals surface area contributed by atoms with Crippen LogP contribution in [0.5, 0.6) is 0 Å². The average molecular weight is 375 g/mol. The zero-order valence-corrected chi connectivity index (χ0v) is 13.3. The first-order chi connectivity index (χ1) is 9.47. The highest BCUT2D eigenvalue weighted by Crippen LogP contribution is 2.34. The maximum Gasteiger partial charge on any atom is 0.307 e. The van der Waals surface area contributed by atoms with Crippen LogP contribution in [0.1, 0.15) is 5.56 Å². The zero-order valence-electron chi connectivity index (χ0n) is 10.2. The smallest absolute Gasteiger partial charge is 0.307 e. The number of hydrogen-bond acceptors (Lipinski definition) is 2. The number of carbonyl (C=O) groups is 1. The van der Waals surface area contributed by atoms with Gasteiger partial charge in [-0.15, -0.1) is 0 Å². The van der Waals surface area contributed by atoms with Crippen LogP contribution < -0.4 is 5.32 Å². The number of rotatable bonds is 4. The second kappa shape index (κ2) is 6.48. The number of aliphatic carboxylic acids is 1. The molecule has 0 aliphatic carbocycles. The van der Waals surface area contributed by atoms with E-state index in [-0.39, 0.29) is 6.42 Å². The van der Waals surface area contributed by atoms with Gasteiger partial charge in [-0.1, -0.05) is 45.2 Å². The summed E-state index contributed by atoms with van der Waals surface area (Å²) in [6, 6.07) is 10.5. The number of carboxylic acid groups (broad SMARTS) is 1. The van der Waals surface area contributed by atoms with E-state index in [4.69, 9.17) is 28.3 Å². The topological polar surface area (TPSA) is 49.3 Å². The van der Waals surface area contributed by atoms with Crippen molar-refractivity contribution in [3.05, 3.63) is 56.5 Å². The number of benzene rings is 2. The molecule has 0 aliphatic heterocycles. The van der Waals surface area contributed by atoms with E-state index in [0.717, 1.165) is 4.47 Å². The van der Waals surface area contributed by atoms with Crippen molar-refractivity contribution in [2.24, 2.45) is 0 Å². The molecule has 0 aliphatic rings. The standard InChI is InChI=1S/C14H10BrCl2NO2/c15-9-4-5-12(8(6-9)7-13(19)20)18-14-10(16)2-1-3-11(14)17/h1-6,18H,7H2,(H,19,20). The molecule has 6 heteroatoms. The Bertz CT molecular complexity index is 641. The lowest BCUT2D eigenvalue weighted by molar-refractivity contribution is -0.136. The van der Waals surface area contributed by atoms with Crippen molar-refractivity contribution in [3.63, 3.8) is 0 Å². The van der Waals surface area contributed by atoms with Crippen molar-refractivity contribution in [2.75, 3.05) is 5.32 Å². The Kier molecular flexibility index (Phi) is 4.91. The summed E-state index contributed by atoms with van der Waals surface area (Å²) in [5, 5.41) is 13.0. The minimum Gasteiger partial charge on any atom is -0.481 e. The van der Waals surface area contributed by atoms with E-state index < -0.39 is 5.97 Å². The van der Waals surface area contributed by atoms with Crippen molar-refractivity contribution < 1.29 is 9.90 Å². The van der Waals surface area contributed by atoms with Crippen LogP contribution in [0.2, 0.25) is 10.0 Å². The summed E-state index contributed by atoms with van der Waals surface area (Å²) in [6.07, 6.45) is -0.0934. The van der Waals surface area contributed by atoms with Crippen LogP contribution in [-0.4, -0.2) is 11.1 Å². The fourth-order valence-corrected chi connectivity index (χ4v) is 2.65. The Morgan fingerprint density at radius 3 is 2.45 bits per heavy atom. The molecule has 0 atom stereocenters. The van der Waals surface area contributed by atoms with Crippen molar-refractivity contribution in [2.45, 2.75) is 6.42 Å². The number of hydrogen-bond donors (Lipinski definition) is 2. The molecule has 0 aromatic heterocycles. The molecular weight excluding hydrogens is 365 g/mol. The first-order valence-electron chi connectivity index (χ1n) is 5.68. The molecule has 0 heterocycles. The fraction of sp³-hybridized carbons (Fsp3) is 0.0714. The maximum atomic E-state index is 10.9.